The van der Waals surface area contributed by atoms with Crippen molar-refractivity contribution < 1.29 is 62.2 Å². The van der Waals surface area contributed by atoms with Gasteiger partial charge in [-0.1, -0.05) is 60.7 Å². The van der Waals surface area contributed by atoms with Crippen molar-refractivity contribution in [2.45, 2.75) is 47.8 Å². The van der Waals surface area contributed by atoms with Gasteiger partial charge in [0.05, 0.1) is 6.42 Å². The van der Waals surface area contributed by atoms with Crippen molar-refractivity contribution in [1.29, 1.82) is 0 Å². The van der Waals surface area contributed by atoms with Crippen LogP contribution in [0.2, 0.25) is 0 Å². The summed E-state index contributed by atoms with van der Waals surface area (Å²) in [4.78, 5) is 0. The summed E-state index contributed by atoms with van der Waals surface area (Å²) in [6, 6.07) is 10.5. The molecule has 2 rings (SSSR count). The second-order valence-electron chi connectivity index (χ2n) is 7.27. The Morgan fingerprint density at radius 3 is 1.12 bits per heavy atom. The third-order valence-electron chi connectivity index (χ3n) is 4.98. The molecule has 0 atom stereocenters. The minimum atomic E-state index is -8.00. The molecule has 0 saturated carbocycles. The minimum Gasteiger partial charge on any atom is -0.380 e. The number of aliphatic hydroxyl groups is 1. The first kappa shape index (κ1) is 27.7. The van der Waals surface area contributed by atoms with Crippen LogP contribution in [0.15, 0.2) is 60.7 Å². The summed E-state index contributed by atoms with van der Waals surface area (Å²) in [6.45, 7) is 0. The smallest absolute Gasteiger partial charge is 0.380 e. The molecule has 0 aliphatic heterocycles. The van der Waals surface area contributed by atoms with Crippen LogP contribution in [-0.2, 0) is 5.60 Å². The van der Waals surface area contributed by atoms with E-state index >= 15 is 0 Å². The van der Waals surface area contributed by atoms with Crippen LogP contribution in [0.1, 0.15) is 17.5 Å². The number of rotatable bonds is 8. The van der Waals surface area contributed by atoms with Crippen LogP contribution in [0.5, 0.6) is 0 Å². The van der Waals surface area contributed by atoms with Crippen molar-refractivity contribution in [3.63, 3.8) is 0 Å². The number of hydrogen-bond acceptors (Lipinski definition) is 1. The summed E-state index contributed by atoms with van der Waals surface area (Å²) >= 11 is 0. The van der Waals surface area contributed by atoms with Gasteiger partial charge in [0.15, 0.2) is 0 Å². The second-order valence-corrected chi connectivity index (χ2v) is 7.27. The Kier molecular flexibility index (Phi) is 6.78. The molecule has 2 aromatic rings. The van der Waals surface area contributed by atoms with Crippen LogP contribution in [0, 0.1) is 0 Å². The molecule has 0 radical (unpaired) electrons. The van der Waals surface area contributed by atoms with Gasteiger partial charge in [-0.25, -0.2) is 0 Å². The molecule has 14 heteroatoms. The summed E-state index contributed by atoms with van der Waals surface area (Å²) in [6.07, 6.45) is -10.3. The van der Waals surface area contributed by atoms with Gasteiger partial charge in [0, 0.05) is 0 Å². The van der Waals surface area contributed by atoms with Gasteiger partial charge in [0.25, 0.3) is 0 Å². The molecule has 0 spiro atoms. The highest BCUT2D eigenvalue weighted by Crippen LogP contribution is 2.61. The summed E-state index contributed by atoms with van der Waals surface area (Å²) in [7, 11) is 0. The van der Waals surface area contributed by atoms with Crippen LogP contribution in [-0.4, -0.2) is 40.9 Å². The van der Waals surface area contributed by atoms with Gasteiger partial charge in [-0.15, -0.1) is 0 Å². The van der Waals surface area contributed by atoms with Crippen molar-refractivity contribution in [2.24, 2.45) is 0 Å². The van der Waals surface area contributed by atoms with Gasteiger partial charge in [-0.05, 0) is 11.1 Å². The Morgan fingerprint density at radius 2 is 0.794 bits per heavy atom. The van der Waals surface area contributed by atoms with E-state index in [4.69, 9.17) is 0 Å². The quantitative estimate of drug-likeness (QED) is 0.373. The van der Waals surface area contributed by atoms with Crippen LogP contribution in [0.25, 0.3) is 0 Å². The van der Waals surface area contributed by atoms with Gasteiger partial charge < -0.3 is 5.11 Å². The van der Waals surface area contributed by atoms with Crippen molar-refractivity contribution in [3.8, 4) is 0 Å². The van der Waals surface area contributed by atoms with E-state index in [9.17, 15) is 62.2 Å². The highest BCUT2D eigenvalue weighted by atomic mass is 19.4. The zero-order valence-electron chi connectivity index (χ0n) is 16.3. The van der Waals surface area contributed by atoms with Gasteiger partial charge in [0.1, 0.15) is 5.60 Å². The number of halogens is 13. The summed E-state index contributed by atoms with van der Waals surface area (Å²) in [5.74, 6) is -37.7. The van der Waals surface area contributed by atoms with Crippen LogP contribution < -0.4 is 0 Å². The van der Waals surface area contributed by atoms with Crippen molar-refractivity contribution in [3.05, 3.63) is 71.8 Å². The fourth-order valence-corrected chi connectivity index (χ4v) is 3.03. The SMILES string of the molecule is OC(CC(F)(F)C(F)(F)C(F)(F)C(F)(F)C(F)(F)C(F)(F)F)(c1ccccc1)c1ccccc1. The van der Waals surface area contributed by atoms with Gasteiger partial charge in [-0.2, -0.15) is 57.1 Å². The van der Waals surface area contributed by atoms with Crippen molar-refractivity contribution >= 4 is 0 Å². The molecule has 0 aromatic heterocycles. The highest BCUT2D eigenvalue weighted by molar-refractivity contribution is 5.36. The lowest BCUT2D eigenvalue weighted by atomic mass is 9.79. The molecule has 1 N–H and O–H groups in total. The molecule has 0 amide bonds. The maximum absolute atomic E-state index is 14.5. The number of benzene rings is 2. The van der Waals surface area contributed by atoms with Gasteiger partial charge in [0.2, 0.25) is 0 Å². The van der Waals surface area contributed by atoms with E-state index in [0.717, 1.165) is 48.5 Å². The van der Waals surface area contributed by atoms with Crippen LogP contribution in [0.4, 0.5) is 57.1 Å². The summed E-state index contributed by atoms with van der Waals surface area (Å²) in [5.41, 5.74) is -4.52. The van der Waals surface area contributed by atoms with Crippen LogP contribution >= 0.6 is 0 Å². The first-order valence-corrected chi connectivity index (χ1v) is 8.96. The average Bonchev–Trinajstić information content (AvgIpc) is 2.73. The summed E-state index contributed by atoms with van der Waals surface area (Å²) in [5, 5.41) is 10.8. The van der Waals surface area contributed by atoms with E-state index in [2.05, 4.69) is 0 Å². The number of hydrogen-bond donors (Lipinski definition) is 1. The molecule has 0 saturated heterocycles. The Labute approximate surface area is 182 Å². The van der Waals surface area contributed by atoms with E-state index in [1.54, 1.807) is 0 Å². The molecular weight excluding hydrogens is 503 g/mol. The zero-order valence-corrected chi connectivity index (χ0v) is 16.3. The first-order valence-electron chi connectivity index (χ1n) is 8.96. The Bertz CT molecular complexity index is 929. The maximum Gasteiger partial charge on any atom is 0.460 e. The van der Waals surface area contributed by atoms with Crippen molar-refractivity contribution in [2.75, 3.05) is 0 Å². The topological polar surface area (TPSA) is 20.2 Å². The van der Waals surface area contributed by atoms with Gasteiger partial charge in [-0.3, -0.25) is 0 Å². The zero-order chi connectivity index (χ0) is 26.4. The third kappa shape index (κ3) is 4.09. The molecule has 34 heavy (non-hydrogen) atoms. The Morgan fingerprint density at radius 1 is 0.471 bits per heavy atom. The predicted octanol–water partition coefficient (Wildman–Crippen LogP) is 7.05. The largest absolute Gasteiger partial charge is 0.460 e. The van der Waals surface area contributed by atoms with E-state index < -0.39 is 58.9 Å². The lowest BCUT2D eigenvalue weighted by Crippen LogP contribution is -2.70. The number of alkyl halides is 13. The molecule has 2 aromatic carbocycles. The fraction of sp³-hybridized carbons (Fsp3) is 0.400. The molecule has 0 bridgehead atoms. The predicted molar refractivity (Wildman–Crippen MR) is 91.3 cm³/mol. The Balaban J connectivity index is 2.64. The molecule has 1 nitrogen and oxygen atoms in total. The van der Waals surface area contributed by atoms with Crippen molar-refractivity contribution in [1.82, 2.24) is 0 Å². The maximum atomic E-state index is 14.5. The molecule has 0 aliphatic rings. The molecule has 190 valence electrons. The molecular formula is C20H13F13O. The van der Waals surface area contributed by atoms with Crippen LogP contribution in [0.3, 0.4) is 0 Å². The Hall–Kier alpha value is -2.51. The lowest BCUT2D eigenvalue weighted by Gasteiger charge is -2.42. The van der Waals surface area contributed by atoms with E-state index in [1.165, 1.54) is 12.1 Å². The van der Waals surface area contributed by atoms with E-state index in [-0.39, 0.29) is 0 Å². The normalized spacial score (nSPS) is 14.9. The van der Waals surface area contributed by atoms with E-state index in [0.29, 0.717) is 0 Å². The average molecular weight is 516 g/mol. The molecule has 0 aliphatic carbocycles. The monoisotopic (exact) mass is 516 g/mol. The fourth-order valence-electron chi connectivity index (χ4n) is 3.03. The summed E-state index contributed by atoms with van der Waals surface area (Å²) < 4.78 is 175. The molecule has 0 unspecified atom stereocenters. The second kappa shape index (κ2) is 8.31. The van der Waals surface area contributed by atoms with Gasteiger partial charge >= 0.3 is 35.8 Å². The standard InChI is InChI=1S/C20H13F13O/c21-15(22,16(23,24)17(25,26)18(27,28)19(29,30)20(31,32)33)11-14(34,12-7-3-1-4-8-12)13-9-5-2-6-10-13/h1-10,34H,11H2. The first-order chi connectivity index (χ1) is 15.2. The minimum absolute atomic E-state index is 0.618. The third-order valence-corrected chi connectivity index (χ3v) is 4.98. The van der Waals surface area contributed by atoms with E-state index in [1.807, 2.05) is 0 Å². The highest BCUT2D eigenvalue weighted by Gasteiger charge is 2.90. The molecule has 0 heterocycles. The lowest BCUT2D eigenvalue weighted by molar-refractivity contribution is -0.441. The molecule has 0 fully saturated rings.